The molecule has 1 aliphatic heterocycles. The van der Waals surface area contributed by atoms with E-state index in [9.17, 15) is 9.82 Å². The topological polar surface area (TPSA) is 49.8 Å². The highest BCUT2D eigenvalue weighted by molar-refractivity contribution is 6.45. The lowest BCUT2D eigenvalue weighted by molar-refractivity contribution is -0.140. The fourth-order valence-corrected chi connectivity index (χ4v) is 4.42. The highest BCUT2D eigenvalue weighted by Crippen LogP contribution is 2.62. The van der Waals surface area contributed by atoms with Gasteiger partial charge < -0.3 is 14.6 Å². The maximum absolute atomic E-state index is 12.3. The second-order valence-corrected chi connectivity index (χ2v) is 7.29. The number of ether oxygens (including phenoxy) is 1. The molecule has 1 aromatic rings. The summed E-state index contributed by atoms with van der Waals surface area (Å²) < 4.78 is 5.06. The van der Waals surface area contributed by atoms with Gasteiger partial charge in [-0.2, -0.15) is 0 Å². The lowest BCUT2D eigenvalue weighted by Crippen LogP contribution is -2.45. The number of benzene rings is 1. The number of rotatable bonds is 5. The molecule has 1 saturated heterocycles. The summed E-state index contributed by atoms with van der Waals surface area (Å²) in [4.78, 5) is 14.4. The third-order valence-corrected chi connectivity index (χ3v) is 5.91. The second kappa shape index (κ2) is 6.91. The molecule has 4 nitrogen and oxygen atoms in total. The van der Waals surface area contributed by atoms with Crippen LogP contribution in [0.15, 0.2) is 37.1 Å². The van der Waals surface area contributed by atoms with Crippen molar-refractivity contribution in [1.82, 2.24) is 4.81 Å². The predicted molar refractivity (Wildman–Crippen MR) is 95.7 cm³/mol. The van der Waals surface area contributed by atoms with Crippen LogP contribution in [0.5, 0.6) is 0 Å². The van der Waals surface area contributed by atoms with E-state index >= 15 is 0 Å². The number of piperidine rings is 1. The number of carbonyl (C=O) groups is 1. The molecule has 0 bridgehead atoms. The molecule has 1 heterocycles. The average molecular weight is 348 g/mol. The number of hydrogen-bond donors (Lipinski definition) is 1. The number of hydrogen-bond acceptors (Lipinski definition) is 4. The average Bonchev–Trinajstić information content (AvgIpc) is 3.33. The first-order valence-corrected chi connectivity index (χ1v) is 8.86. The highest BCUT2D eigenvalue weighted by atomic mass is 35.5. The number of halogens is 1. The van der Waals surface area contributed by atoms with Gasteiger partial charge in [0.2, 0.25) is 0 Å². The summed E-state index contributed by atoms with van der Waals surface area (Å²) in [5.41, 5.74) is 0.989. The van der Waals surface area contributed by atoms with Gasteiger partial charge in [0.15, 0.2) is 0 Å². The molecule has 1 aromatic carbocycles. The smallest absolute Gasteiger partial charge is 0.376 e. The Morgan fingerprint density at radius 1 is 1.42 bits per heavy atom. The third kappa shape index (κ3) is 3.13. The Morgan fingerprint density at radius 3 is 2.58 bits per heavy atom. The normalized spacial score (nSPS) is 27.5. The van der Waals surface area contributed by atoms with Gasteiger partial charge in [-0.1, -0.05) is 30.3 Å². The van der Waals surface area contributed by atoms with Crippen molar-refractivity contribution >= 4 is 24.6 Å². The summed E-state index contributed by atoms with van der Waals surface area (Å²) >= 11 is 6.03. The molecule has 128 valence electrons. The van der Waals surface area contributed by atoms with E-state index in [1.807, 2.05) is 24.3 Å². The Hall–Kier alpha value is -1.30. The first-order valence-electron chi connectivity index (χ1n) is 8.48. The Balaban J connectivity index is 1.83. The lowest BCUT2D eigenvalue weighted by Gasteiger charge is -2.37. The molecule has 6 heteroatoms. The fraction of sp³-hybridized carbons (Fsp3) is 0.500. The molecule has 2 atom stereocenters. The fourth-order valence-electron chi connectivity index (χ4n) is 4.29. The molecule has 0 amide bonds. The van der Waals surface area contributed by atoms with E-state index in [4.69, 9.17) is 16.3 Å². The van der Waals surface area contributed by atoms with Crippen LogP contribution < -0.4 is 0 Å². The minimum Gasteiger partial charge on any atom is -0.437 e. The number of nitrogens with zero attached hydrogens (tertiary/aromatic N) is 1. The SMILES string of the molecule is C=COC(=O)[C@@H]1C[C@]1(c1ccc(Cl)cc1)C1CCN(B(C)O)CC1. The van der Waals surface area contributed by atoms with Gasteiger partial charge in [-0.05, 0) is 62.8 Å². The van der Waals surface area contributed by atoms with Crippen LogP contribution in [-0.2, 0) is 14.9 Å². The molecule has 0 aromatic heterocycles. The maximum atomic E-state index is 12.3. The van der Waals surface area contributed by atoms with Crippen LogP contribution in [0.4, 0.5) is 0 Å². The molecule has 0 spiro atoms. The zero-order valence-electron chi connectivity index (χ0n) is 14.0. The van der Waals surface area contributed by atoms with Crippen molar-refractivity contribution in [2.75, 3.05) is 13.1 Å². The minimum absolute atomic E-state index is 0.125. The molecule has 24 heavy (non-hydrogen) atoms. The van der Waals surface area contributed by atoms with Crippen LogP contribution in [0.3, 0.4) is 0 Å². The predicted octanol–water partition coefficient (Wildman–Crippen LogP) is 3.11. The van der Waals surface area contributed by atoms with E-state index in [1.165, 1.54) is 6.26 Å². The molecular weight excluding hydrogens is 324 g/mol. The standard InChI is InChI=1S/C18H23BClNO3/c1-3-24-17(22)16-12-18(16,13-4-6-15(20)7-5-13)14-8-10-21(11-9-14)19(2)23/h3-7,14,16,23H,1,8-12H2,2H3/t16-,18-/m0/s1. The van der Waals surface area contributed by atoms with Gasteiger partial charge in [0.1, 0.15) is 0 Å². The molecular formula is C18H23BClNO3. The van der Waals surface area contributed by atoms with Crippen LogP contribution in [-0.4, -0.2) is 35.9 Å². The van der Waals surface area contributed by atoms with Crippen LogP contribution in [0.25, 0.3) is 0 Å². The molecule has 0 radical (unpaired) electrons. The van der Waals surface area contributed by atoms with Crippen molar-refractivity contribution in [1.29, 1.82) is 0 Å². The van der Waals surface area contributed by atoms with Gasteiger partial charge in [-0.15, -0.1) is 0 Å². The molecule has 0 unspecified atom stereocenters. The van der Waals surface area contributed by atoms with E-state index in [-0.39, 0.29) is 17.3 Å². The number of carbonyl (C=O) groups excluding carboxylic acids is 1. The van der Waals surface area contributed by atoms with Crippen LogP contribution >= 0.6 is 11.6 Å². The molecule has 1 N–H and O–H groups in total. The summed E-state index contributed by atoms with van der Waals surface area (Å²) in [6, 6.07) is 7.84. The molecule has 2 fully saturated rings. The van der Waals surface area contributed by atoms with Crippen molar-refractivity contribution in [2.45, 2.75) is 31.5 Å². The van der Waals surface area contributed by atoms with E-state index in [0.29, 0.717) is 10.9 Å². The van der Waals surface area contributed by atoms with Gasteiger partial charge in [-0.25, -0.2) is 0 Å². The van der Waals surface area contributed by atoms with Gasteiger partial charge in [-0.3, -0.25) is 4.79 Å². The van der Waals surface area contributed by atoms with Crippen molar-refractivity contribution in [3.05, 3.63) is 47.7 Å². The van der Waals surface area contributed by atoms with Crippen molar-refractivity contribution in [3.63, 3.8) is 0 Å². The third-order valence-electron chi connectivity index (χ3n) is 5.66. The van der Waals surface area contributed by atoms with Gasteiger partial charge in [0, 0.05) is 10.4 Å². The second-order valence-electron chi connectivity index (χ2n) is 6.85. The largest absolute Gasteiger partial charge is 0.437 e. The monoisotopic (exact) mass is 347 g/mol. The zero-order chi connectivity index (χ0) is 17.3. The summed E-state index contributed by atoms with van der Waals surface area (Å²) in [6.45, 7) is 6.99. The summed E-state index contributed by atoms with van der Waals surface area (Å²) in [7, 11) is -0.418. The van der Waals surface area contributed by atoms with Crippen molar-refractivity contribution in [2.24, 2.45) is 11.8 Å². The van der Waals surface area contributed by atoms with E-state index in [0.717, 1.165) is 37.9 Å². The molecule has 2 aliphatic rings. The Labute approximate surface area is 148 Å². The first kappa shape index (κ1) is 17.5. The van der Waals surface area contributed by atoms with E-state index < -0.39 is 7.05 Å². The molecule has 3 rings (SSSR count). The van der Waals surface area contributed by atoms with E-state index in [1.54, 1.807) is 6.82 Å². The van der Waals surface area contributed by atoms with Gasteiger partial charge >= 0.3 is 13.0 Å². The Morgan fingerprint density at radius 2 is 2.04 bits per heavy atom. The Bertz CT molecular complexity index is 613. The Kier molecular flexibility index (Phi) is 5.04. The van der Waals surface area contributed by atoms with Crippen LogP contribution in [0, 0.1) is 11.8 Å². The van der Waals surface area contributed by atoms with Gasteiger partial charge in [0.25, 0.3) is 0 Å². The summed E-state index contributed by atoms with van der Waals surface area (Å²) in [5.74, 6) is 0.0775. The zero-order valence-corrected chi connectivity index (χ0v) is 14.7. The number of esters is 1. The lowest BCUT2D eigenvalue weighted by atomic mass is 9.73. The van der Waals surface area contributed by atoms with E-state index in [2.05, 4.69) is 11.4 Å². The summed E-state index contributed by atoms with van der Waals surface area (Å²) in [5, 5.41) is 10.5. The first-order chi connectivity index (χ1) is 11.5. The highest BCUT2D eigenvalue weighted by Gasteiger charge is 2.63. The van der Waals surface area contributed by atoms with Crippen LogP contribution in [0.2, 0.25) is 11.8 Å². The van der Waals surface area contributed by atoms with Crippen molar-refractivity contribution < 1.29 is 14.6 Å². The van der Waals surface area contributed by atoms with Crippen molar-refractivity contribution in [3.8, 4) is 0 Å². The molecule has 1 saturated carbocycles. The maximum Gasteiger partial charge on any atom is 0.376 e. The quantitative estimate of drug-likeness (QED) is 0.505. The minimum atomic E-state index is -0.418. The van der Waals surface area contributed by atoms with Crippen LogP contribution in [0.1, 0.15) is 24.8 Å². The van der Waals surface area contributed by atoms with Gasteiger partial charge in [0.05, 0.1) is 12.2 Å². The summed E-state index contributed by atoms with van der Waals surface area (Å²) in [6.07, 6.45) is 3.95. The molecule has 1 aliphatic carbocycles.